The van der Waals surface area contributed by atoms with Crippen molar-refractivity contribution in [2.24, 2.45) is 0 Å². The van der Waals surface area contributed by atoms with E-state index in [-0.39, 0.29) is 4.83 Å². The Morgan fingerprint density at radius 3 is 2.40 bits per heavy atom. The fourth-order valence-electron chi connectivity index (χ4n) is 2.39. The van der Waals surface area contributed by atoms with Crippen molar-refractivity contribution in [1.82, 2.24) is 0 Å². The van der Waals surface area contributed by atoms with Gasteiger partial charge in [0, 0.05) is 20.2 Å². The second kappa shape index (κ2) is 5.51. The van der Waals surface area contributed by atoms with Gasteiger partial charge < -0.3 is 0 Å². The van der Waals surface area contributed by atoms with E-state index in [1.54, 1.807) is 0 Å². The quantitative estimate of drug-likeness (QED) is 0.446. The molecule has 0 spiro atoms. The van der Waals surface area contributed by atoms with E-state index in [2.05, 4.69) is 60.1 Å². The van der Waals surface area contributed by atoms with E-state index in [0.717, 1.165) is 10.4 Å². The topological polar surface area (TPSA) is 0 Å². The molecule has 0 fully saturated rings. The molecule has 0 saturated carbocycles. The normalized spacial score (nSPS) is 12.8. The van der Waals surface area contributed by atoms with Crippen LogP contribution in [0, 0.1) is 13.8 Å². The van der Waals surface area contributed by atoms with Crippen LogP contribution in [0.4, 0.5) is 0 Å². The van der Waals surface area contributed by atoms with Crippen LogP contribution in [0.15, 0.2) is 42.5 Å². The molecule has 1 unspecified atom stereocenters. The molecule has 0 amide bonds. The summed E-state index contributed by atoms with van der Waals surface area (Å²) < 4.78 is 0. The molecule has 0 aliphatic carbocycles. The predicted molar refractivity (Wildman–Crippen MR) is 93.5 cm³/mol. The molecule has 0 N–H and O–H groups in total. The molecular formula is C17H14BrClS. The number of hydrogen-bond donors (Lipinski definition) is 0. The van der Waals surface area contributed by atoms with Gasteiger partial charge in [-0.3, -0.25) is 0 Å². The molecule has 0 aliphatic rings. The summed E-state index contributed by atoms with van der Waals surface area (Å²) in [6.45, 7) is 4.33. The van der Waals surface area contributed by atoms with Gasteiger partial charge in [-0.1, -0.05) is 57.9 Å². The zero-order valence-electron chi connectivity index (χ0n) is 11.3. The van der Waals surface area contributed by atoms with Gasteiger partial charge in [0.05, 0.1) is 4.83 Å². The highest BCUT2D eigenvalue weighted by atomic mass is 79.9. The number of alkyl halides is 1. The molecule has 1 heterocycles. The van der Waals surface area contributed by atoms with Crippen LogP contribution in [0.25, 0.3) is 10.8 Å². The van der Waals surface area contributed by atoms with Crippen LogP contribution in [0.2, 0.25) is 5.02 Å². The van der Waals surface area contributed by atoms with Crippen LogP contribution < -0.4 is 0 Å². The summed E-state index contributed by atoms with van der Waals surface area (Å²) in [5, 5.41) is 3.13. The first kappa shape index (κ1) is 14.1. The van der Waals surface area contributed by atoms with Gasteiger partial charge >= 0.3 is 0 Å². The Labute approximate surface area is 136 Å². The highest BCUT2D eigenvalue weighted by molar-refractivity contribution is 9.09. The lowest BCUT2D eigenvalue weighted by molar-refractivity contribution is 1.24. The van der Waals surface area contributed by atoms with E-state index in [1.165, 1.54) is 26.3 Å². The third kappa shape index (κ3) is 2.41. The smallest absolute Gasteiger partial charge is 0.0744 e. The zero-order chi connectivity index (χ0) is 14.3. The molecule has 0 aliphatic heterocycles. The average molecular weight is 366 g/mol. The molecule has 0 radical (unpaired) electrons. The number of halogens is 2. The van der Waals surface area contributed by atoms with E-state index < -0.39 is 0 Å². The monoisotopic (exact) mass is 364 g/mol. The molecule has 3 rings (SSSR count). The number of fused-ring (bicyclic) bond motifs is 1. The number of aryl methyl sites for hydroxylation is 2. The Kier molecular flexibility index (Phi) is 3.89. The molecule has 0 nitrogen and oxygen atoms in total. The summed E-state index contributed by atoms with van der Waals surface area (Å²) in [5.74, 6) is 0. The number of benzene rings is 2. The van der Waals surface area contributed by atoms with Crippen molar-refractivity contribution in [3.63, 3.8) is 0 Å². The summed E-state index contributed by atoms with van der Waals surface area (Å²) in [6.07, 6.45) is 0. The first-order valence-corrected chi connectivity index (χ1v) is 8.57. The summed E-state index contributed by atoms with van der Waals surface area (Å²) in [7, 11) is 0. The van der Waals surface area contributed by atoms with Gasteiger partial charge in [-0.15, -0.1) is 11.3 Å². The van der Waals surface area contributed by atoms with Gasteiger partial charge in [0.1, 0.15) is 0 Å². The van der Waals surface area contributed by atoms with Crippen molar-refractivity contribution in [1.29, 1.82) is 0 Å². The first-order chi connectivity index (χ1) is 9.58. The Balaban J connectivity index is 2.17. The molecule has 20 heavy (non-hydrogen) atoms. The Hall–Kier alpha value is -0.830. The van der Waals surface area contributed by atoms with E-state index in [1.807, 2.05) is 23.5 Å². The van der Waals surface area contributed by atoms with Crippen molar-refractivity contribution >= 4 is 49.6 Å². The summed E-state index contributed by atoms with van der Waals surface area (Å²) >= 11 is 12.0. The van der Waals surface area contributed by atoms with Crippen LogP contribution in [-0.4, -0.2) is 0 Å². The maximum absolute atomic E-state index is 6.30. The highest BCUT2D eigenvalue weighted by Gasteiger charge is 2.17. The van der Waals surface area contributed by atoms with Gasteiger partial charge in [0.15, 0.2) is 0 Å². The van der Waals surface area contributed by atoms with Gasteiger partial charge in [0.25, 0.3) is 0 Å². The third-order valence-corrected chi connectivity index (χ3v) is 6.45. The highest BCUT2D eigenvalue weighted by Crippen LogP contribution is 2.40. The molecule has 2 aromatic carbocycles. The molecule has 0 saturated heterocycles. The molecule has 1 atom stereocenters. The largest absolute Gasteiger partial charge is 0.144 e. The minimum atomic E-state index is 0.210. The van der Waals surface area contributed by atoms with Crippen molar-refractivity contribution in [3.05, 3.63) is 68.4 Å². The molecular weight excluding hydrogens is 352 g/mol. The second-order valence-corrected chi connectivity index (χ2v) is 7.54. The maximum Gasteiger partial charge on any atom is 0.0744 e. The Bertz CT molecular complexity index is 756. The average Bonchev–Trinajstić information content (AvgIpc) is 2.79. The number of hydrogen-bond acceptors (Lipinski definition) is 1. The van der Waals surface area contributed by atoms with E-state index >= 15 is 0 Å². The summed E-state index contributed by atoms with van der Waals surface area (Å²) in [6, 6.07) is 14.7. The fraction of sp³-hybridized carbons (Fsp3) is 0.176. The third-order valence-electron chi connectivity index (χ3n) is 3.61. The van der Waals surface area contributed by atoms with Crippen LogP contribution in [0.3, 0.4) is 0 Å². The maximum atomic E-state index is 6.30. The van der Waals surface area contributed by atoms with Gasteiger partial charge in [0.2, 0.25) is 0 Å². The van der Waals surface area contributed by atoms with Gasteiger partial charge in [-0.2, -0.15) is 0 Å². The van der Waals surface area contributed by atoms with Crippen LogP contribution in [0.1, 0.15) is 25.7 Å². The summed E-state index contributed by atoms with van der Waals surface area (Å²) in [5.41, 5.74) is 2.62. The van der Waals surface area contributed by atoms with Crippen molar-refractivity contribution in [2.75, 3.05) is 0 Å². The second-order valence-electron chi connectivity index (χ2n) is 4.93. The van der Waals surface area contributed by atoms with E-state index in [0.29, 0.717) is 0 Å². The lowest BCUT2D eigenvalue weighted by Crippen LogP contribution is -1.91. The lowest BCUT2D eigenvalue weighted by Gasteiger charge is -2.12. The molecule has 102 valence electrons. The SMILES string of the molecule is Cc1cc(C(Br)c2ccc(Cl)c3ccccc23)sc1C. The Morgan fingerprint density at radius 1 is 1.05 bits per heavy atom. The number of rotatable bonds is 2. The summed E-state index contributed by atoms with van der Waals surface area (Å²) in [4.78, 5) is 2.93. The van der Waals surface area contributed by atoms with Crippen LogP contribution >= 0.6 is 38.9 Å². The van der Waals surface area contributed by atoms with Gasteiger partial charge in [-0.05, 0) is 42.5 Å². The van der Waals surface area contributed by atoms with E-state index in [9.17, 15) is 0 Å². The van der Waals surface area contributed by atoms with Crippen molar-refractivity contribution in [2.45, 2.75) is 18.7 Å². The van der Waals surface area contributed by atoms with Crippen LogP contribution in [-0.2, 0) is 0 Å². The van der Waals surface area contributed by atoms with E-state index in [4.69, 9.17) is 11.6 Å². The molecule has 0 bridgehead atoms. The first-order valence-electron chi connectivity index (χ1n) is 6.46. The van der Waals surface area contributed by atoms with Crippen molar-refractivity contribution < 1.29 is 0 Å². The predicted octanol–water partition coefficient (Wildman–Crippen LogP) is 6.66. The minimum absolute atomic E-state index is 0.210. The zero-order valence-corrected chi connectivity index (χ0v) is 14.4. The molecule has 3 aromatic rings. The van der Waals surface area contributed by atoms with Gasteiger partial charge in [-0.25, -0.2) is 0 Å². The molecule has 3 heteroatoms. The Morgan fingerprint density at radius 2 is 1.75 bits per heavy atom. The molecule has 1 aromatic heterocycles. The minimum Gasteiger partial charge on any atom is -0.144 e. The fourth-order valence-corrected chi connectivity index (χ4v) is 4.47. The standard InChI is InChI=1S/C17H14BrClS/c1-10-9-16(20-11(10)2)17(18)14-7-8-15(19)13-6-4-3-5-12(13)14/h3-9,17H,1-2H3. The van der Waals surface area contributed by atoms with Crippen molar-refractivity contribution in [3.8, 4) is 0 Å². The number of thiophene rings is 1. The lowest BCUT2D eigenvalue weighted by atomic mass is 10.0. The van der Waals surface area contributed by atoms with Crippen LogP contribution in [0.5, 0.6) is 0 Å².